The van der Waals surface area contributed by atoms with Crippen LogP contribution in [0.3, 0.4) is 0 Å². The van der Waals surface area contributed by atoms with Crippen LogP contribution in [0.5, 0.6) is 0 Å². The summed E-state index contributed by atoms with van der Waals surface area (Å²) in [5.74, 6) is -1.89. The summed E-state index contributed by atoms with van der Waals surface area (Å²) in [5, 5.41) is 10.8. The van der Waals surface area contributed by atoms with Crippen LogP contribution in [0.15, 0.2) is 29.4 Å². The van der Waals surface area contributed by atoms with E-state index >= 15 is 0 Å². The van der Waals surface area contributed by atoms with Gasteiger partial charge in [-0.1, -0.05) is 82.3 Å². The lowest BCUT2D eigenvalue weighted by Gasteiger charge is -2.39. The number of ketones is 1. The molecule has 0 radical (unpaired) electrons. The maximum absolute atomic E-state index is 14.7. The highest BCUT2D eigenvalue weighted by Crippen LogP contribution is 2.40. The van der Waals surface area contributed by atoms with Gasteiger partial charge in [-0.2, -0.15) is 0 Å². The van der Waals surface area contributed by atoms with Crippen LogP contribution >= 0.6 is 11.6 Å². The van der Waals surface area contributed by atoms with Gasteiger partial charge in [-0.05, 0) is 49.1 Å². The molecule has 5 aliphatic rings. The second-order valence-electron chi connectivity index (χ2n) is 17.4. The zero-order valence-electron chi connectivity index (χ0n) is 32.8. The smallest absolute Gasteiger partial charge is 0.292 e. The topological polar surface area (TPSA) is 156 Å². The van der Waals surface area contributed by atoms with E-state index in [1.165, 1.54) is 16.2 Å². The maximum atomic E-state index is 14.7. The number of amides is 4. The lowest BCUT2D eigenvalue weighted by atomic mass is 9.84. The number of hydrogen-bond acceptors (Lipinski definition) is 9. The third kappa shape index (κ3) is 10.1. The Kier molecular flexibility index (Phi) is 13.2. The molecular formula is C41H58ClN5O8. The van der Waals surface area contributed by atoms with E-state index < -0.39 is 52.6 Å². The third-order valence-electron chi connectivity index (χ3n) is 11.7. The van der Waals surface area contributed by atoms with Crippen LogP contribution in [0.1, 0.15) is 104 Å². The molecule has 1 aromatic rings. The molecule has 4 aliphatic heterocycles. The van der Waals surface area contributed by atoms with Crippen molar-refractivity contribution in [3.05, 3.63) is 34.9 Å². The van der Waals surface area contributed by atoms with Crippen LogP contribution < -0.4 is 10.6 Å². The second kappa shape index (κ2) is 17.7. The van der Waals surface area contributed by atoms with Crippen LogP contribution in [0.4, 0.5) is 0 Å². The summed E-state index contributed by atoms with van der Waals surface area (Å²) < 4.78 is 11.4. The fraction of sp³-hybridized carbons (Fsp3) is 0.707. The summed E-state index contributed by atoms with van der Waals surface area (Å²) >= 11 is 6.28. The molecule has 2 N–H and O–H groups in total. The van der Waals surface area contributed by atoms with Gasteiger partial charge >= 0.3 is 0 Å². The Morgan fingerprint density at radius 3 is 2.49 bits per heavy atom. The fourth-order valence-electron chi connectivity index (χ4n) is 8.47. The number of Topliss-reactive ketones (excluding diaryl/α,β-unsaturated/α-hetero) is 1. The van der Waals surface area contributed by atoms with Crippen molar-refractivity contribution in [3.8, 4) is 0 Å². The molecule has 0 bridgehead atoms. The number of carbonyl (C=O) groups is 5. The molecule has 4 fully saturated rings. The number of benzene rings is 1. The SMILES string of the molecule is CCC[C@H](NC(=O)[C@@H]1C[C@]2(CC(c3cccc(Cl)c3)=NO2)CN1C(=O)[C@@H](NC(=O)CC1CCCCC1)C(C)(C)C)C(=O)C(=O)N1CC(OCC2CCOC2)C1. The van der Waals surface area contributed by atoms with Crippen LogP contribution in [0.2, 0.25) is 5.02 Å². The van der Waals surface area contributed by atoms with E-state index in [1.54, 1.807) is 12.1 Å². The average Bonchev–Trinajstić information content (AvgIpc) is 3.90. The van der Waals surface area contributed by atoms with Gasteiger partial charge < -0.3 is 34.7 Å². The van der Waals surface area contributed by atoms with Crippen LogP contribution in [0.25, 0.3) is 0 Å². The standard InChI is InChI=1S/C41H58ClN5O8/c1-5-10-31(35(49)38(51)46-21-30(22-46)54-24-27-15-16-53-23-27)43-37(50)33-20-41(19-32(45-55-41)28-13-9-14-29(42)18-28)25-47(33)39(52)36(40(2,3)4)44-34(48)17-26-11-7-6-8-12-26/h9,13-14,18,26-27,30-31,33,36H,5-8,10-12,15-17,19-25H2,1-4H3,(H,43,50)(H,44,48)/t27?,31-,33-,36+,41+/m0/s1. The van der Waals surface area contributed by atoms with Crippen molar-refractivity contribution in [2.24, 2.45) is 22.4 Å². The van der Waals surface area contributed by atoms with Crippen LogP contribution in [-0.2, 0) is 38.3 Å². The lowest BCUT2D eigenvalue weighted by molar-refractivity contribution is -0.156. The minimum atomic E-state index is -1.08. The van der Waals surface area contributed by atoms with Gasteiger partial charge in [0.05, 0.1) is 37.6 Å². The van der Waals surface area contributed by atoms with Crippen molar-refractivity contribution in [3.63, 3.8) is 0 Å². The first-order chi connectivity index (χ1) is 26.2. The molecule has 1 aromatic carbocycles. The van der Waals surface area contributed by atoms with E-state index in [-0.39, 0.29) is 37.3 Å². The highest BCUT2D eigenvalue weighted by molar-refractivity contribution is 6.38. The van der Waals surface area contributed by atoms with E-state index in [4.69, 9.17) is 25.9 Å². The zero-order chi connectivity index (χ0) is 39.3. The summed E-state index contributed by atoms with van der Waals surface area (Å²) in [6, 6.07) is 4.19. The first kappa shape index (κ1) is 41.1. The second-order valence-corrected chi connectivity index (χ2v) is 17.8. The maximum Gasteiger partial charge on any atom is 0.292 e. The predicted octanol–water partition coefficient (Wildman–Crippen LogP) is 4.42. The van der Waals surface area contributed by atoms with Crippen molar-refractivity contribution in [1.82, 2.24) is 20.4 Å². The van der Waals surface area contributed by atoms with Gasteiger partial charge in [-0.25, -0.2) is 0 Å². The molecule has 4 heterocycles. The predicted molar refractivity (Wildman–Crippen MR) is 206 cm³/mol. The third-order valence-corrected chi connectivity index (χ3v) is 12.0. The lowest BCUT2D eigenvalue weighted by Crippen LogP contribution is -2.61. The Morgan fingerprint density at radius 2 is 1.82 bits per heavy atom. The van der Waals surface area contributed by atoms with Crippen molar-refractivity contribution >= 4 is 46.7 Å². The molecule has 1 spiro atoms. The number of halogens is 1. The number of hydrogen-bond donors (Lipinski definition) is 2. The minimum absolute atomic E-state index is 0.0377. The van der Waals surface area contributed by atoms with E-state index in [9.17, 15) is 24.0 Å². The Balaban J connectivity index is 1.17. The molecule has 5 atom stereocenters. The average molecular weight is 784 g/mol. The van der Waals surface area contributed by atoms with Crippen molar-refractivity contribution in [2.75, 3.05) is 39.5 Å². The van der Waals surface area contributed by atoms with Gasteiger partial charge in [0.1, 0.15) is 12.1 Å². The Hall–Kier alpha value is -3.55. The van der Waals surface area contributed by atoms with Crippen LogP contribution in [0, 0.1) is 17.3 Å². The summed E-state index contributed by atoms with van der Waals surface area (Å²) in [5.41, 5.74) is -0.300. The highest BCUT2D eigenvalue weighted by Gasteiger charge is 2.56. The molecule has 302 valence electrons. The molecule has 6 rings (SSSR count). The Morgan fingerprint density at radius 1 is 1.05 bits per heavy atom. The Labute approximate surface area is 329 Å². The zero-order valence-corrected chi connectivity index (χ0v) is 33.5. The van der Waals surface area contributed by atoms with Crippen molar-refractivity contribution in [1.29, 1.82) is 0 Å². The van der Waals surface area contributed by atoms with Gasteiger partial charge in [-0.3, -0.25) is 24.0 Å². The van der Waals surface area contributed by atoms with Gasteiger partial charge in [0.15, 0.2) is 5.60 Å². The number of likely N-dealkylation sites (tertiary alicyclic amines) is 2. The monoisotopic (exact) mass is 783 g/mol. The summed E-state index contributed by atoms with van der Waals surface area (Å²) in [7, 11) is 0. The van der Waals surface area contributed by atoms with Gasteiger partial charge in [0.25, 0.3) is 5.91 Å². The van der Waals surface area contributed by atoms with Crippen molar-refractivity contribution < 1.29 is 38.3 Å². The van der Waals surface area contributed by atoms with E-state index in [2.05, 4.69) is 15.8 Å². The summed E-state index contributed by atoms with van der Waals surface area (Å²) in [4.78, 5) is 78.6. The summed E-state index contributed by atoms with van der Waals surface area (Å²) in [6.07, 6.45) is 7.72. The molecule has 14 heteroatoms. The number of ether oxygens (including phenoxy) is 2. The van der Waals surface area contributed by atoms with Gasteiger partial charge in [-0.15, -0.1) is 0 Å². The molecule has 0 aromatic heterocycles. The van der Waals surface area contributed by atoms with E-state index in [1.807, 2.05) is 39.8 Å². The molecule has 4 amide bonds. The molecule has 1 unspecified atom stereocenters. The van der Waals surface area contributed by atoms with Crippen molar-refractivity contribution in [2.45, 2.75) is 128 Å². The molecule has 55 heavy (non-hydrogen) atoms. The normalized spacial score (nSPS) is 25.6. The first-order valence-electron chi connectivity index (χ1n) is 20.2. The van der Waals surface area contributed by atoms with Crippen LogP contribution in [-0.4, -0.2) is 114 Å². The summed E-state index contributed by atoms with van der Waals surface area (Å²) in [6.45, 7) is 10.2. The molecule has 13 nitrogen and oxygen atoms in total. The largest absolute Gasteiger partial charge is 0.387 e. The number of oxime groups is 1. The number of carbonyl (C=O) groups excluding carboxylic acids is 5. The molecular weight excluding hydrogens is 726 g/mol. The molecule has 1 aliphatic carbocycles. The number of nitrogens with zero attached hydrogens (tertiary/aromatic N) is 3. The highest BCUT2D eigenvalue weighted by atomic mass is 35.5. The Bertz CT molecular complexity index is 1610. The minimum Gasteiger partial charge on any atom is -0.387 e. The fourth-order valence-corrected chi connectivity index (χ4v) is 8.66. The number of nitrogens with one attached hydrogen (secondary N) is 2. The quantitative estimate of drug-likeness (QED) is 0.263. The van der Waals surface area contributed by atoms with E-state index in [0.29, 0.717) is 62.2 Å². The van der Waals surface area contributed by atoms with Gasteiger partial charge in [0, 0.05) is 55.5 Å². The van der Waals surface area contributed by atoms with E-state index in [0.717, 1.165) is 44.3 Å². The number of rotatable bonds is 14. The first-order valence-corrected chi connectivity index (χ1v) is 20.6. The molecule has 3 saturated heterocycles. The molecule has 1 saturated carbocycles. The van der Waals surface area contributed by atoms with Gasteiger partial charge in [0.2, 0.25) is 23.5 Å².